The fourth-order valence-corrected chi connectivity index (χ4v) is 7.82. The van der Waals surface area contributed by atoms with Crippen LogP contribution in [0.3, 0.4) is 0 Å². The molecule has 0 radical (unpaired) electrons. The number of aromatic nitrogens is 2. The minimum atomic E-state index is -0.113. The molecule has 0 saturated heterocycles. The summed E-state index contributed by atoms with van der Waals surface area (Å²) in [7, 11) is 0. The molecule has 0 saturated carbocycles. The van der Waals surface area contributed by atoms with Crippen LogP contribution in [0.1, 0.15) is 12.8 Å². The van der Waals surface area contributed by atoms with Crippen molar-refractivity contribution < 1.29 is 0 Å². The second-order valence-corrected chi connectivity index (χ2v) is 14.5. The second kappa shape index (κ2) is 9.60. The van der Waals surface area contributed by atoms with Gasteiger partial charge in [0.25, 0.3) is 0 Å². The van der Waals surface area contributed by atoms with Gasteiger partial charge in [-0.25, -0.2) is 0 Å². The Hall–Kier alpha value is 0.620. The molecule has 0 aliphatic heterocycles. The van der Waals surface area contributed by atoms with E-state index < -0.39 is 0 Å². The average molecular weight is 528 g/mol. The van der Waals surface area contributed by atoms with Crippen LogP contribution in [0.2, 0.25) is 0 Å². The molecule has 0 amide bonds. The summed E-state index contributed by atoms with van der Waals surface area (Å²) < 4.78 is 0. The van der Waals surface area contributed by atoms with E-state index in [1.54, 1.807) is 0 Å². The van der Waals surface area contributed by atoms with E-state index in [9.17, 15) is 0 Å². The standard InChI is InChI=1S/C14H16I2N2P2/c15-19(13-7-1-3-9-17-13)11-5-6-12-20(16)14-8-2-4-10-18-14/h1-4,7-10H,5-6,11-12H2. The highest BCUT2D eigenvalue weighted by Gasteiger charge is 2.10. The predicted molar refractivity (Wildman–Crippen MR) is 109 cm³/mol. The van der Waals surface area contributed by atoms with Crippen molar-refractivity contribution in [2.75, 3.05) is 12.3 Å². The summed E-state index contributed by atoms with van der Waals surface area (Å²) in [4.78, 5) is 8.91. The van der Waals surface area contributed by atoms with Crippen LogP contribution < -0.4 is 10.9 Å². The van der Waals surface area contributed by atoms with Gasteiger partial charge in [0.05, 0.1) is 10.9 Å². The Morgan fingerprint density at radius 3 is 1.55 bits per heavy atom. The number of nitrogens with zero attached hydrogens (tertiary/aromatic N) is 2. The first-order valence-electron chi connectivity index (χ1n) is 6.46. The van der Waals surface area contributed by atoms with Crippen LogP contribution in [0.25, 0.3) is 0 Å². The zero-order chi connectivity index (χ0) is 14.2. The van der Waals surface area contributed by atoms with Crippen LogP contribution in [0.15, 0.2) is 48.8 Å². The van der Waals surface area contributed by atoms with Crippen molar-refractivity contribution in [3.05, 3.63) is 48.8 Å². The molecule has 2 rings (SSSR count). The fourth-order valence-electron chi connectivity index (χ4n) is 1.72. The summed E-state index contributed by atoms with van der Waals surface area (Å²) in [6.07, 6.45) is 8.92. The highest BCUT2D eigenvalue weighted by atomic mass is 127. The maximum absolute atomic E-state index is 4.45. The monoisotopic (exact) mass is 528 g/mol. The molecule has 2 nitrogen and oxygen atoms in total. The highest BCUT2D eigenvalue weighted by molar-refractivity contribution is 14.2. The molecule has 20 heavy (non-hydrogen) atoms. The van der Waals surface area contributed by atoms with Gasteiger partial charge in [-0.3, -0.25) is 9.97 Å². The van der Waals surface area contributed by atoms with E-state index >= 15 is 0 Å². The maximum atomic E-state index is 4.45. The number of rotatable bonds is 7. The fraction of sp³-hybridized carbons (Fsp3) is 0.286. The van der Waals surface area contributed by atoms with E-state index in [1.165, 1.54) is 36.0 Å². The Morgan fingerprint density at radius 2 is 1.20 bits per heavy atom. The van der Waals surface area contributed by atoms with Crippen molar-refractivity contribution in [1.29, 1.82) is 0 Å². The lowest BCUT2D eigenvalue weighted by molar-refractivity contribution is 0.904. The van der Waals surface area contributed by atoms with Crippen molar-refractivity contribution in [3.8, 4) is 0 Å². The summed E-state index contributed by atoms with van der Waals surface area (Å²) >= 11 is 5.14. The summed E-state index contributed by atoms with van der Waals surface area (Å²) in [5, 5.41) is 0. The molecule has 0 aliphatic carbocycles. The van der Waals surface area contributed by atoms with Crippen molar-refractivity contribution >= 4 is 66.1 Å². The second-order valence-electron chi connectivity index (χ2n) is 4.25. The molecule has 0 fully saturated rings. The lowest BCUT2D eigenvalue weighted by Gasteiger charge is -2.11. The molecule has 106 valence electrons. The van der Waals surface area contributed by atoms with E-state index in [1.807, 2.05) is 24.5 Å². The molecular formula is C14H16I2N2P2. The Labute approximate surface area is 149 Å². The van der Waals surface area contributed by atoms with Gasteiger partial charge in [0.15, 0.2) is 0 Å². The van der Waals surface area contributed by atoms with Crippen LogP contribution in [0, 0.1) is 0 Å². The lowest BCUT2D eigenvalue weighted by atomic mass is 10.4. The first-order valence-corrected chi connectivity index (χ1v) is 15.1. The Bertz CT molecular complexity index is 452. The Morgan fingerprint density at radius 1 is 0.750 bits per heavy atom. The summed E-state index contributed by atoms with van der Waals surface area (Å²) in [6, 6.07) is 12.4. The zero-order valence-corrected chi connectivity index (χ0v) is 17.1. The minimum absolute atomic E-state index is 0.113. The van der Waals surface area contributed by atoms with Gasteiger partial charge < -0.3 is 0 Å². The van der Waals surface area contributed by atoms with Crippen LogP contribution in [-0.2, 0) is 0 Å². The first-order chi connectivity index (χ1) is 9.77. The Balaban J connectivity index is 1.69. The largest absolute Gasteiger partial charge is 0.256 e. The van der Waals surface area contributed by atoms with E-state index in [-0.39, 0.29) is 11.1 Å². The number of pyridine rings is 2. The molecule has 2 unspecified atom stereocenters. The summed E-state index contributed by atoms with van der Waals surface area (Å²) in [5.41, 5.74) is 2.31. The normalized spacial score (nSPS) is 13.9. The van der Waals surface area contributed by atoms with Gasteiger partial charge >= 0.3 is 0 Å². The molecule has 0 aromatic carbocycles. The number of hydrogen-bond donors (Lipinski definition) is 0. The maximum Gasteiger partial charge on any atom is 0.0732 e. The molecule has 2 aromatic rings. The molecule has 0 aliphatic rings. The Kier molecular flexibility index (Phi) is 8.15. The molecule has 0 N–H and O–H groups in total. The third-order valence-electron chi connectivity index (χ3n) is 2.75. The van der Waals surface area contributed by atoms with E-state index in [0.717, 1.165) is 0 Å². The molecule has 2 heterocycles. The van der Waals surface area contributed by atoms with Gasteiger partial charge in [-0.2, -0.15) is 0 Å². The van der Waals surface area contributed by atoms with Gasteiger partial charge in [0, 0.05) is 23.5 Å². The number of unbranched alkanes of at least 4 members (excludes halogenated alkanes) is 1. The molecule has 0 bridgehead atoms. The summed E-state index contributed by atoms with van der Waals surface area (Å²) in [5.74, 6) is 0. The smallest absolute Gasteiger partial charge is 0.0732 e. The van der Waals surface area contributed by atoms with Gasteiger partial charge in [0.2, 0.25) is 0 Å². The third-order valence-corrected chi connectivity index (χ3v) is 11.6. The molecule has 0 spiro atoms. The minimum Gasteiger partial charge on any atom is -0.256 e. The third kappa shape index (κ3) is 5.78. The SMILES string of the molecule is IP(CCCCP(I)c1ccccn1)c1ccccn1. The van der Waals surface area contributed by atoms with Crippen LogP contribution in [0.5, 0.6) is 0 Å². The van der Waals surface area contributed by atoms with Gasteiger partial charge in [-0.1, -0.05) is 12.1 Å². The molecular weight excluding hydrogens is 512 g/mol. The molecule has 2 aromatic heterocycles. The summed E-state index contributed by atoms with van der Waals surface area (Å²) in [6.45, 7) is 0. The number of hydrogen-bond acceptors (Lipinski definition) is 2. The molecule has 6 heteroatoms. The first kappa shape index (κ1) is 17.0. The lowest BCUT2D eigenvalue weighted by Crippen LogP contribution is -2.05. The van der Waals surface area contributed by atoms with Gasteiger partial charge in [-0.15, -0.1) is 0 Å². The van der Waals surface area contributed by atoms with Crippen molar-refractivity contribution in [1.82, 2.24) is 9.97 Å². The highest BCUT2D eigenvalue weighted by Crippen LogP contribution is 2.46. The number of halogens is 2. The van der Waals surface area contributed by atoms with Crippen LogP contribution in [-0.4, -0.2) is 22.3 Å². The van der Waals surface area contributed by atoms with Gasteiger partial charge in [-0.05, 0) is 93.5 Å². The van der Waals surface area contributed by atoms with Crippen LogP contribution in [0.4, 0.5) is 0 Å². The van der Waals surface area contributed by atoms with Gasteiger partial charge in [0.1, 0.15) is 0 Å². The average Bonchev–Trinajstić information content (AvgIpc) is 2.53. The van der Waals surface area contributed by atoms with E-state index in [4.69, 9.17) is 0 Å². The van der Waals surface area contributed by atoms with E-state index in [2.05, 4.69) is 78.3 Å². The van der Waals surface area contributed by atoms with Crippen LogP contribution >= 0.6 is 55.2 Å². The predicted octanol–water partition coefficient (Wildman–Crippen LogP) is 4.87. The van der Waals surface area contributed by atoms with E-state index in [0.29, 0.717) is 0 Å². The van der Waals surface area contributed by atoms with Crippen molar-refractivity contribution in [3.63, 3.8) is 0 Å². The molecule has 2 atom stereocenters. The zero-order valence-electron chi connectivity index (χ0n) is 11.0. The van der Waals surface area contributed by atoms with Crippen molar-refractivity contribution in [2.45, 2.75) is 12.8 Å². The quantitative estimate of drug-likeness (QED) is 0.292. The topological polar surface area (TPSA) is 25.8 Å². The van der Waals surface area contributed by atoms with Crippen molar-refractivity contribution in [2.24, 2.45) is 0 Å².